The largest absolute Gasteiger partial charge is 0.497 e. The Morgan fingerprint density at radius 1 is 1.00 bits per heavy atom. The van der Waals surface area contributed by atoms with Crippen LogP contribution in [0.4, 0.5) is 0 Å². The van der Waals surface area contributed by atoms with E-state index in [0.29, 0.717) is 35.3 Å². The number of nitrogens with zero attached hydrogens (tertiary/aromatic N) is 4. The molecular formula is C24H31ClN4O3S. The number of piperazine rings is 1. The number of hydrogen-bond donors (Lipinski definition) is 0. The van der Waals surface area contributed by atoms with E-state index in [2.05, 4.69) is 21.9 Å². The summed E-state index contributed by atoms with van der Waals surface area (Å²) in [5.74, 6) is 0.552. The first kappa shape index (κ1) is 25.5. The van der Waals surface area contributed by atoms with E-state index in [1.165, 1.54) is 5.56 Å². The Morgan fingerprint density at radius 2 is 1.70 bits per heavy atom. The lowest BCUT2D eigenvalue weighted by molar-refractivity contribution is 0.0786. The van der Waals surface area contributed by atoms with Crippen LogP contribution in [0.3, 0.4) is 0 Å². The van der Waals surface area contributed by atoms with Crippen LogP contribution in [0.15, 0.2) is 53.4 Å². The van der Waals surface area contributed by atoms with Gasteiger partial charge in [-0.05, 0) is 55.8 Å². The quantitative estimate of drug-likeness (QED) is 0.619. The summed E-state index contributed by atoms with van der Waals surface area (Å²) in [6.45, 7) is 5.46. The van der Waals surface area contributed by atoms with Crippen molar-refractivity contribution in [3.05, 3.63) is 59.7 Å². The molecule has 2 saturated heterocycles. The number of halogens is 1. The van der Waals surface area contributed by atoms with Crippen molar-refractivity contribution in [3.63, 3.8) is 0 Å². The van der Waals surface area contributed by atoms with E-state index in [1.807, 2.05) is 18.2 Å². The van der Waals surface area contributed by atoms with Gasteiger partial charge in [-0.2, -0.15) is 9.57 Å². The van der Waals surface area contributed by atoms with Crippen molar-refractivity contribution < 1.29 is 13.2 Å². The summed E-state index contributed by atoms with van der Waals surface area (Å²) in [7, 11) is -1.96. The number of piperidine rings is 1. The number of methoxy groups -OCH3 is 1. The second-order valence-electron chi connectivity index (χ2n) is 8.44. The molecule has 9 heteroatoms. The number of sulfonamides is 1. The highest BCUT2D eigenvalue weighted by Crippen LogP contribution is 2.24. The second-order valence-corrected chi connectivity index (χ2v) is 10.4. The van der Waals surface area contributed by atoms with E-state index in [-0.39, 0.29) is 12.4 Å². The Bertz CT molecular complexity index is 1070. The van der Waals surface area contributed by atoms with Crippen molar-refractivity contribution in [1.29, 1.82) is 5.26 Å². The van der Waals surface area contributed by atoms with Crippen molar-refractivity contribution in [3.8, 4) is 11.8 Å². The Morgan fingerprint density at radius 3 is 2.36 bits per heavy atom. The van der Waals surface area contributed by atoms with Gasteiger partial charge in [-0.15, -0.1) is 12.4 Å². The molecule has 2 heterocycles. The van der Waals surface area contributed by atoms with Gasteiger partial charge in [0, 0.05) is 44.8 Å². The number of hydrogen-bond acceptors (Lipinski definition) is 6. The monoisotopic (exact) mass is 490 g/mol. The van der Waals surface area contributed by atoms with Gasteiger partial charge in [-0.1, -0.05) is 18.2 Å². The van der Waals surface area contributed by atoms with Crippen LogP contribution >= 0.6 is 12.4 Å². The maximum Gasteiger partial charge on any atom is 0.243 e. The number of benzene rings is 2. The highest BCUT2D eigenvalue weighted by atomic mass is 35.5. The van der Waals surface area contributed by atoms with Gasteiger partial charge >= 0.3 is 0 Å². The molecule has 0 aliphatic carbocycles. The van der Waals surface area contributed by atoms with Crippen LogP contribution in [0, 0.1) is 11.3 Å². The van der Waals surface area contributed by atoms with Crippen LogP contribution < -0.4 is 4.74 Å². The lowest BCUT2D eigenvalue weighted by atomic mass is 10.0. The third kappa shape index (κ3) is 6.05. The molecule has 0 amide bonds. The molecule has 2 fully saturated rings. The van der Waals surface area contributed by atoms with Crippen LogP contribution in [0.2, 0.25) is 0 Å². The summed E-state index contributed by atoms with van der Waals surface area (Å²) in [4.78, 5) is 5.18. The molecule has 2 aliphatic rings. The molecule has 2 aliphatic heterocycles. The van der Waals surface area contributed by atoms with Crippen LogP contribution in [0.5, 0.6) is 5.75 Å². The maximum absolute atomic E-state index is 13.0. The summed E-state index contributed by atoms with van der Waals surface area (Å²) in [6.07, 6.45) is 2.17. The summed E-state index contributed by atoms with van der Waals surface area (Å²) in [5, 5.41) is 9.09. The van der Waals surface area contributed by atoms with E-state index >= 15 is 0 Å². The molecule has 2 aromatic rings. The molecule has 4 rings (SSSR count). The third-order valence-electron chi connectivity index (χ3n) is 6.49. The smallest absolute Gasteiger partial charge is 0.243 e. The Kier molecular flexibility index (Phi) is 8.74. The van der Waals surface area contributed by atoms with E-state index in [1.54, 1.807) is 35.7 Å². The van der Waals surface area contributed by atoms with Gasteiger partial charge in [0.2, 0.25) is 10.0 Å². The molecule has 0 spiro atoms. The van der Waals surface area contributed by atoms with Crippen molar-refractivity contribution in [2.45, 2.75) is 30.3 Å². The molecule has 7 nitrogen and oxygen atoms in total. The number of rotatable bonds is 6. The van der Waals surface area contributed by atoms with Gasteiger partial charge in [-0.3, -0.25) is 9.80 Å². The fraction of sp³-hybridized carbons (Fsp3) is 0.458. The molecule has 0 N–H and O–H groups in total. The fourth-order valence-corrected chi connectivity index (χ4v) is 6.12. The van der Waals surface area contributed by atoms with Crippen LogP contribution in [0.25, 0.3) is 0 Å². The predicted octanol–water partition coefficient (Wildman–Crippen LogP) is 2.96. The van der Waals surface area contributed by atoms with Gasteiger partial charge in [0.25, 0.3) is 0 Å². The van der Waals surface area contributed by atoms with Crippen molar-refractivity contribution >= 4 is 22.4 Å². The normalized spacial score (nSPS) is 18.9. The van der Waals surface area contributed by atoms with E-state index < -0.39 is 10.0 Å². The molecule has 0 saturated carbocycles. The highest BCUT2D eigenvalue weighted by Gasteiger charge is 2.32. The SMILES string of the molecule is COc1cccc(S(=O)(=O)N2CCN(C3CCN(Cc4cccc(C#N)c4)CC3)CC2)c1.Cl. The zero-order valence-corrected chi connectivity index (χ0v) is 20.5. The summed E-state index contributed by atoms with van der Waals surface area (Å²) < 4.78 is 32.8. The fourth-order valence-electron chi connectivity index (χ4n) is 4.66. The highest BCUT2D eigenvalue weighted by molar-refractivity contribution is 7.89. The minimum atomic E-state index is -3.50. The molecule has 0 unspecified atom stereocenters. The molecule has 178 valence electrons. The summed E-state index contributed by atoms with van der Waals surface area (Å²) in [6, 6.07) is 17.2. The molecule has 2 aromatic carbocycles. The zero-order valence-electron chi connectivity index (χ0n) is 18.9. The number of likely N-dealkylation sites (tertiary alicyclic amines) is 1. The number of ether oxygens (including phenoxy) is 1. The minimum Gasteiger partial charge on any atom is -0.497 e. The van der Waals surface area contributed by atoms with Crippen molar-refractivity contribution in [2.24, 2.45) is 0 Å². The predicted molar refractivity (Wildman–Crippen MR) is 130 cm³/mol. The average Bonchev–Trinajstić information content (AvgIpc) is 2.85. The molecule has 0 aromatic heterocycles. The lowest BCUT2D eigenvalue weighted by Crippen LogP contribution is -2.54. The van der Waals surface area contributed by atoms with Crippen LogP contribution in [-0.4, -0.2) is 74.9 Å². The zero-order chi connectivity index (χ0) is 22.6. The Balaban J connectivity index is 0.00000306. The Labute approximate surface area is 203 Å². The topological polar surface area (TPSA) is 76.9 Å². The standard InChI is InChI=1S/C24H30N4O3S.ClH/c1-31-23-6-3-7-24(17-23)32(29,30)28-14-12-27(13-15-28)22-8-10-26(11-9-22)19-21-5-2-4-20(16-21)18-25;/h2-7,16-17,22H,8-15,19H2,1H3;1H. The minimum absolute atomic E-state index is 0. The molecule has 0 bridgehead atoms. The molecular weight excluding hydrogens is 460 g/mol. The Hall–Kier alpha value is -2.15. The first-order chi connectivity index (χ1) is 15.5. The van der Waals surface area contributed by atoms with Crippen molar-refractivity contribution in [1.82, 2.24) is 14.1 Å². The lowest BCUT2D eigenvalue weighted by Gasteiger charge is -2.42. The van der Waals surface area contributed by atoms with E-state index in [4.69, 9.17) is 10.00 Å². The van der Waals surface area contributed by atoms with Gasteiger partial charge in [0.15, 0.2) is 0 Å². The van der Waals surface area contributed by atoms with Crippen molar-refractivity contribution in [2.75, 3.05) is 46.4 Å². The molecule has 0 radical (unpaired) electrons. The average molecular weight is 491 g/mol. The van der Waals surface area contributed by atoms with E-state index in [9.17, 15) is 8.42 Å². The van der Waals surface area contributed by atoms with Crippen LogP contribution in [-0.2, 0) is 16.6 Å². The summed E-state index contributed by atoms with van der Waals surface area (Å²) >= 11 is 0. The van der Waals surface area contributed by atoms with Gasteiger partial charge in [0.05, 0.1) is 23.6 Å². The number of nitriles is 1. The van der Waals surface area contributed by atoms with Gasteiger partial charge in [-0.25, -0.2) is 8.42 Å². The molecule has 33 heavy (non-hydrogen) atoms. The van der Waals surface area contributed by atoms with Gasteiger partial charge < -0.3 is 4.74 Å². The first-order valence-corrected chi connectivity index (χ1v) is 12.5. The van der Waals surface area contributed by atoms with Crippen LogP contribution in [0.1, 0.15) is 24.0 Å². The summed E-state index contributed by atoms with van der Waals surface area (Å²) in [5.41, 5.74) is 1.89. The maximum atomic E-state index is 13.0. The third-order valence-corrected chi connectivity index (χ3v) is 8.38. The first-order valence-electron chi connectivity index (χ1n) is 11.1. The second kappa shape index (κ2) is 11.3. The molecule has 0 atom stereocenters. The van der Waals surface area contributed by atoms with Gasteiger partial charge in [0.1, 0.15) is 5.75 Å². The van der Waals surface area contributed by atoms with E-state index in [0.717, 1.165) is 45.6 Å².